The summed E-state index contributed by atoms with van der Waals surface area (Å²) in [6.07, 6.45) is 0. The minimum atomic E-state index is -0.793. The van der Waals surface area contributed by atoms with Gasteiger partial charge in [-0.2, -0.15) is 5.26 Å². The highest BCUT2D eigenvalue weighted by atomic mass is 35.5. The summed E-state index contributed by atoms with van der Waals surface area (Å²) < 4.78 is 22.6. The first kappa shape index (κ1) is 31.9. The number of carbonyl (C=O) groups excluding carboxylic acids is 1. The van der Waals surface area contributed by atoms with Crippen LogP contribution in [-0.2, 0) is 11.4 Å². The van der Waals surface area contributed by atoms with Crippen LogP contribution < -0.4 is 24.7 Å². The van der Waals surface area contributed by atoms with Crippen LogP contribution in [-0.4, -0.2) is 12.6 Å². The van der Waals surface area contributed by atoms with Crippen LogP contribution in [0.1, 0.15) is 22.6 Å². The normalized spacial score (nSPS) is 13.9. The summed E-state index contributed by atoms with van der Waals surface area (Å²) in [5.41, 5.74) is 8.69. The molecule has 0 radical (unpaired) electrons. The Morgan fingerprint density at radius 3 is 2.20 bits per heavy atom. The summed E-state index contributed by atoms with van der Waals surface area (Å²) in [4.78, 5) is 12.6. The zero-order valence-corrected chi connectivity index (χ0v) is 26.7. The smallest absolute Gasteiger partial charge is 0.349 e. The number of benzene rings is 4. The number of ether oxygens (including phenoxy) is 4. The van der Waals surface area contributed by atoms with E-state index in [1.165, 1.54) is 6.07 Å². The van der Waals surface area contributed by atoms with Gasteiger partial charge in [0, 0.05) is 16.7 Å². The maximum atomic E-state index is 12.6. The highest BCUT2D eigenvalue weighted by molar-refractivity contribution is 6.55. The van der Waals surface area contributed by atoms with Gasteiger partial charge in [-0.25, -0.2) is 4.79 Å². The van der Waals surface area contributed by atoms with Gasteiger partial charge in [0.05, 0.1) is 21.0 Å². The van der Waals surface area contributed by atoms with E-state index in [0.717, 1.165) is 11.1 Å². The summed E-state index contributed by atoms with van der Waals surface area (Å²) in [7, 11) is 0. The second kappa shape index (κ2) is 13.7. The fraction of sp³-hybridized carbons (Fsp3) is 0.0968. The molecule has 0 saturated carbocycles. The van der Waals surface area contributed by atoms with Gasteiger partial charge in [-0.05, 0) is 41.5 Å². The number of carbonyl (C=O) groups is 1. The Morgan fingerprint density at radius 1 is 0.841 bits per heavy atom. The Balaban J connectivity index is 1.34. The molecule has 0 spiro atoms. The van der Waals surface area contributed by atoms with Crippen LogP contribution in [0.3, 0.4) is 0 Å². The van der Waals surface area contributed by atoms with Gasteiger partial charge in [-0.1, -0.05) is 99.9 Å². The summed E-state index contributed by atoms with van der Waals surface area (Å²) in [6.45, 7) is -0.263. The minimum absolute atomic E-state index is 0.0457. The van der Waals surface area contributed by atoms with Gasteiger partial charge in [0.1, 0.15) is 45.5 Å². The number of nitrogens with zero attached hydrogens (tertiary/aromatic N) is 1. The number of nitrogens with two attached hydrogens (primary N) is 1. The highest BCUT2D eigenvalue weighted by Gasteiger charge is 2.31. The van der Waals surface area contributed by atoms with Crippen molar-refractivity contribution < 1.29 is 23.7 Å². The minimum Gasteiger partial charge on any atom is -0.489 e. The molecule has 2 N–H and O–H groups in total. The van der Waals surface area contributed by atoms with E-state index in [-0.39, 0.29) is 48.1 Å². The number of nitriles is 1. The average molecular weight is 711 g/mol. The molecule has 0 bridgehead atoms. The molecule has 0 fully saturated rings. The van der Waals surface area contributed by atoms with Crippen molar-refractivity contribution in [2.24, 2.45) is 5.73 Å². The Hall–Kier alpha value is -3.48. The average Bonchev–Trinajstić information content (AvgIpc) is 3.02. The van der Waals surface area contributed by atoms with Gasteiger partial charge in [0.25, 0.3) is 0 Å². The predicted octanol–water partition coefficient (Wildman–Crippen LogP) is 9.39. The van der Waals surface area contributed by atoms with Crippen LogP contribution >= 0.6 is 69.6 Å². The van der Waals surface area contributed by atoms with Crippen LogP contribution in [0.5, 0.6) is 23.0 Å². The van der Waals surface area contributed by atoms with Gasteiger partial charge < -0.3 is 24.7 Å². The Bertz CT molecular complexity index is 1810. The summed E-state index contributed by atoms with van der Waals surface area (Å²) in [6, 6.07) is 21.5. The summed E-state index contributed by atoms with van der Waals surface area (Å²) >= 11 is 36.4. The van der Waals surface area contributed by atoms with E-state index in [1.807, 2.05) is 36.4 Å². The molecule has 0 amide bonds. The fourth-order valence-electron chi connectivity index (χ4n) is 4.38. The van der Waals surface area contributed by atoms with Crippen molar-refractivity contribution in [3.05, 3.63) is 125 Å². The zero-order chi connectivity index (χ0) is 31.5. The number of esters is 1. The van der Waals surface area contributed by atoms with Crippen molar-refractivity contribution in [2.75, 3.05) is 6.61 Å². The first-order valence-electron chi connectivity index (χ1n) is 12.6. The molecule has 13 heteroatoms. The molecule has 0 aromatic heterocycles. The van der Waals surface area contributed by atoms with E-state index in [1.54, 1.807) is 24.3 Å². The first-order valence-corrected chi connectivity index (χ1v) is 14.9. The monoisotopic (exact) mass is 708 g/mol. The second-order valence-electron chi connectivity index (χ2n) is 9.27. The number of fused-ring (bicyclic) bond motifs is 1. The van der Waals surface area contributed by atoms with Crippen molar-refractivity contribution in [3.8, 4) is 29.1 Å². The largest absolute Gasteiger partial charge is 0.489 e. The van der Waals surface area contributed by atoms with Crippen LogP contribution in [0.15, 0.2) is 78.2 Å². The van der Waals surface area contributed by atoms with E-state index < -0.39 is 18.5 Å². The SMILES string of the molecule is N#CC1=C(N)Oc2cc(OC(=O)COc3c(Cl)c(Cl)c(Cl)c(Cl)c3Cl)ccc2C1c1cccc(OCc2ccc(Cl)cc2)c1. The molecule has 1 unspecified atom stereocenters. The van der Waals surface area contributed by atoms with Gasteiger partial charge in [-0.15, -0.1) is 0 Å². The Labute approximate surface area is 282 Å². The van der Waals surface area contributed by atoms with Crippen LogP contribution in [0.2, 0.25) is 30.1 Å². The molecule has 5 rings (SSSR count). The number of halogens is 6. The van der Waals surface area contributed by atoms with Gasteiger partial charge in [-0.3, -0.25) is 0 Å². The molecule has 1 aliphatic rings. The van der Waals surface area contributed by atoms with Crippen LogP contribution in [0, 0.1) is 11.3 Å². The molecule has 224 valence electrons. The number of hydrogen-bond acceptors (Lipinski definition) is 7. The van der Waals surface area contributed by atoms with Crippen molar-refractivity contribution >= 4 is 75.6 Å². The first-order chi connectivity index (χ1) is 21.1. The molecule has 0 aliphatic carbocycles. The van der Waals surface area contributed by atoms with Gasteiger partial charge in [0.2, 0.25) is 5.88 Å². The Morgan fingerprint density at radius 2 is 1.52 bits per heavy atom. The van der Waals surface area contributed by atoms with Crippen LogP contribution in [0.4, 0.5) is 0 Å². The van der Waals surface area contributed by atoms with Gasteiger partial charge in [0.15, 0.2) is 12.4 Å². The third-order valence-electron chi connectivity index (χ3n) is 6.44. The molecule has 1 heterocycles. The van der Waals surface area contributed by atoms with E-state index >= 15 is 0 Å². The topological polar surface area (TPSA) is 104 Å². The summed E-state index contributed by atoms with van der Waals surface area (Å²) in [5, 5.41) is 10.2. The number of hydrogen-bond donors (Lipinski definition) is 1. The van der Waals surface area contributed by atoms with Crippen molar-refractivity contribution in [1.29, 1.82) is 5.26 Å². The third kappa shape index (κ3) is 6.77. The van der Waals surface area contributed by atoms with Crippen LogP contribution in [0.25, 0.3) is 0 Å². The number of rotatable bonds is 8. The third-order valence-corrected chi connectivity index (χ3v) is 8.93. The number of allylic oxidation sites excluding steroid dienone is 1. The molecule has 0 saturated heterocycles. The molecule has 1 aliphatic heterocycles. The lowest BCUT2D eigenvalue weighted by Gasteiger charge is -2.27. The van der Waals surface area contributed by atoms with Crippen molar-refractivity contribution in [2.45, 2.75) is 12.5 Å². The lowest BCUT2D eigenvalue weighted by molar-refractivity contribution is -0.136. The van der Waals surface area contributed by atoms with E-state index in [9.17, 15) is 10.1 Å². The molecule has 4 aromatic rings. The lowest BCUT2D eigenvalue weighted by Crippen LogP contribution is -2.22. The summed E-state index contributed by atoms with van der Waals surface area (Å²) in [5.74, 6) is -0.539. The van der Waals surface area contributed by atoms with Crippen molar-refractivity contribution in [1.82, 2.24) is 0 Å². The van der Waals surface area contributed by atoms with E-state index in [0.29, 0.717) is 28.7 Å². The molecule has 44 heavy (non-hydrogen) atoms. The van der Waals surface area contributed by atoms with E-state index in [4.69, 9.17) is 94.3 Å². The lowest BCUT2D eigenvalue weighted by atomic mass is 9.83. The van der Waals surface area contributed by atoms with E-state index in [2.05, 4.69) is 6.07 Å². The Kier molecular flexibility index (Phi) is 9.91. The predicted molar refractivity (Wildman–Crippen MR) is 171 cm³/mol. The molecule has 4 aromatic carbocycles. The quantitative estimate of drug-likeness (QED) is 0.0841. The molecule has 1 atom stereocenters. The molecular formula is C31H18Cl6N2O5. The molecular weight excluding hydrogens is 693 g/mol. The fourth-order valence-corrected chi connectivity index (χ4v) is 5.73. The van der Waals surface area contributed by atoms with Gasteiger partial charge >= 0.3 is 5.97 Å². The standard InChI is InChI=1S/C31H18Cl6N2O5/c32-17-6-4-15(5-7-17)13-41-18-3-1-2-16(10-18)24-20-9-8-19(11-22(20)44-31(39)21(24)12-38)43-23(40)14-42-30-28(36)26(34)25(33)27(35)29(30)37/h1-11,24H,13-14,39H2. The zero-order valence-electron chi connectivity index (χ0n) is 22.2. The second-order valence-corrected chi connectivity index (χ2v) is 11.6. The van der Waals surface area contributed by atoms with Crippen molar-refractivity contribution in [3.63, 3.8) is 0 Å². The molecule has 7 nitrogen and oxygen atoms in total. The highest BCUT2D eigenvalue weighted by Crippen LogP contribution is 2.48. The maximum absolute atomic E-state index is 12.6. The maximum Gasteiger partial charge on any atom is 0.349 e.